The summed E-state index contributed by atoms with van der Waals surface area (Å²) in [6.45, 7) is 1.88. The van der Waals surface area contributed by atoms with E-state index in [9.17, 15) is 0 Å². The molecule has 0 aromatic rings. The molecule has 2 nitrogen and oxygen atoms in total. The summed E-state index contributed by atoms with van der Waals surface area (Å²) in [5.41, 5.74) is 0. The average Bonchev–Trinajstić information content (AvgIpc) is 1.88. The number of hydrogen-bond acceptors (Lipinski definition) is 2. The summed E-state index contributed by atoms with van der Waals surface area (Å²) in [5.74, 6) is 0. The highest BCUT2D eigenvalue weighted by Gasteiger charge is 2.24. The first kappa shape index (κ1) is 8.50. The lowest BCUT2D eigenvalue weighted by molar-refractivity contribution is 0.0238. The fourth-order valence-corrected chi connectivity index (χ4v) is 1.73. The molecule has 0 amide bonds. The van der Waals surface area contributed by atoms with Crippen molar-refractivity contribution in [1.29, 1.82) is 0 Å². The second kappa shape index (κ2) is 3.69. The Balaban J connectivity index is 0.000000500. The van der Waals surface area contributed by atoms with E-state index in [1.54, 1.807) is 0 Å². The molecule has 2 aliphatic rings. The summed E-state index contributed by atoms with van der Waals surface area (Å²) in [6.07, 6.45) is 4.03. The van der Waals surface area contributed by atoms with Crippen LogP contribution in [0.3, 0.4) is 0 Å². The predicted molar refractivity (Wildman–Crippen MR) is 45.7 cm³/mol. The third kappa shape index (κ3) is 1.71. The van der Waals surface area contributed by atoms with Crippen LogP contribution in [0.15, 0.2) is 0 Å². The third-order valence-electron chi connectivity index (χ3n) is 2.21. The van der Waals surface area contributed by atoms with Crippen LogP contribution in [0.1, 0.15) is 19.3 Å². The Morgan fingerprint density at radius 2 is 1.70 bits per heavy atom. The van der Waals surface area contributed by atoms with Gasteiger partial charge in [-0.05, 0) is 12.8 Å². The van der Waals surface area contributed by atoms with Gasteiger partial charge in [0.05, 0.1) is 13.2 Å². The quantitative estimate of drug-likeness (QED) is 0.643. The molecule has 2 fully saturated rings. The lowest BCUT2D eigenvalue weighted by Crippen LogP contribution is -2.51. The standard InChI is InChI=1S/C7H13NO.BrH/c1-2-6-4-9-5-7(3-1)8-6;/h6-8H,1-5H2;1H. The lowest BCUT2D eigenvalue weighted by Gasteiger charge is -2.35. The van der Waals surface area contributed by atoms with Crippen molar-refractivity contribution in [1.82, 2.24) is 5.32 Å². The fraction of sp³-hybridized carbons (Fsp3) is 1.00. The van der Waals surface area contributed by atoms with Gasteiger partial charge in [0.15, 0.2) is 0 Å². The maximum Gasteiger partial charge on any atom is 0.0620 e. The Morgan fingerprint density at radius 1 is 1.10 bits per heavy atom. The van der Waals surface area contributed by atoms with Gasteiger partial charge in [0.2, 0.25) is 0 Å². The van der Waals surface area contributed by atoms with Crippen LogP contribution in [0.25, 0.3) is 0 Å². The van der Waals surface area contributed by atoms with Gasteiger partial charge in [0.1, 0.15) is 0 Å². The highest BCUT2D eigenvalue weighted by atomic mass is 79.9. The van der Waals surface area contributed by atoms with Gasteiger partial charge in [-0.15, -0.1) is 17.0 Å². The summed E-state index contributed by atoms with van der Waals surface area (Å²) in [7, 11) is 0. The second-order valence-corrected chi connectivity index (χ2v) is 3.03. The zero-order valence-corrected chi connectivity index (χ0v) is 7.72. The number of piperidine rings is 1. The van der Waals surface area contributed by atoms with Gasteiger partial charge in [0, 0.05) is 12.1 Å². The Hall–Kier alpha value is 0.400. The first-order chi connectivity index (χ1) is 4.45. The van der Waals surface area contributed by atoms with Crippen molar-refractivity contribution < 1.29 is 4.74 Å². The van der Waals surface area contributed by atoms with E-state index in [-0.39, 0.29) is 17.0 Å². The van der Waals surface area contributed by atoms with Crippen molar-refractivity contribution in [3.05, 3.63) is 0 Å². The summed E-state index contributed by atoms with van der Waals surface area (Å²) in [4.78, 5) is 0. The molecule has 0 radical (unpaired) electrons. The Morgan fingerprint density at radius 3 is 2.20 bits per heavy atom. The van der Waals surface area contributed by atoms with E-state index >= 15 is 0 Å². The minimum atomic E-state index is 0. The van der Waals surface area contributed by atoms with E-state index < -0.39 is 0 Å². The Bertz CT molecular complexity index is 89.8. The molecule has 2 heterocycles. The molecule has 2 rings (SSSR count). The predicted octanol–water partition coefficient (Wildman–Crippen LogP) is 1.11. The molecule has 2 bridgehead atoms. The molecule has 0 aromatic heterocycles. The lowest BCUT2D eigenvalue weighted by atomic mass is 9.98. The maximum absolute atomic E-state index is 5.37. The molecule has 2 atom stereocenters. The maximum atomic E-state index is 5.37. The van der Waals surface area contributed by atoms with Crippen LogP contribution in [-0.2, 0) is 4.74 Å². The first-order valence-electron chi connectivity index (χ1n) is 3.79. The molecule has 2 unspecified atom stereocenters. The van der Waals surface area contributed by atoms with Gasteiger partial charge in [-0.2, -0.15) is 0 Å². The van der Waals surface area contributed by atoms with Gasteiger partial charge >= 0.3 is 0 Å². The van der Waals surface area contributed by atoms with Crippen molar-refractivity contribution in [3.63, 3.8) is 0 Å². The topological polar surface area (TPSA) is 21.3 Å². The van der Waals surface area contributed by atoms with Crippen LogP contribution >= 0.6 is 17.0 Å². The highest BCUT2D eigenvalue weighted by Crippen LogP contribution is 2.16. The SMILES string of the molecule is Br.C1CC2COCC(C1)N2. The Kier molecular flexibility index (Phi) is 3.14. The molecular formula is C7H14BrNO. The van der Waals surface area contributed by atoms with Gasteiger partial charge < -0.3 is 10.1 Å². The largest absolute Gasteiger partial charge is 0.378 e. The van der Waals surface area contributed by atoms with Crippen LogP contribution in [0.4, 0.5) is 0 Å². The van der Waals surface area contributed by atoms with Gasteiger partial charge in [0.25, 0.3) is 0 Å². The number of nitrogens with one attached hydrogen (secondary N) is 1. The number of fused-ring (bicyclic) bond motifs is 2. The number of hydrogen-bond donors (Lipinski definition) is 1. The smallest absolute Gasteiger partial charge is 0.0620 e. The number of halogens is 1. The normalized spacial score (nSPS) is 38.4. The number of morpholine rings is 1. The minimum Gasteiger partial charge on any atom is -0.378 e. The van der Waals surface area contributed by atoms with Gasteiger partial charge in [-0.25, -0.2) is 0 Å². The fourth-order valence-electron chi connectivity index (χ4n) is 1.73. The Labute approximate surface area is 72.1 Å². The second-order valence-electron chi connectivity index (χ2n) is 3.03. The summed E-state index contributed by atoms with van der Waals surface area (Å²) < 4.78 is 5.37. The number of rotatable bonds is 0. The van der Waals surface area contributed by atoms with Crippen molar-refractivity contribution in [3.8, 4) is 0 Å². The molecule has 0 spiro atoms. The average molecular weight is 208 g/mol. The zero-order valence-electron chi connectivity index (χ0n) is 6.01. The molecule has 60 valence electrons. The van der Waals surface area contributed by atoms with Crippen molar-refractivity contribution >= 4 is 17.0 Å². The summed E-state index contributed by atoms with van der Waals surface area (Å²) >= 11 is 0. The van der Waals surface area contributed by atoms with Gasteiger partial charge in [-0.3, -0.25) is 0 Å². The highest BCUT2D eigenvalue weighted by molar-refractivity contribution is 8.93. The summed E-state index contributed by atoms with van der Waals surface area (Å²) in [6, 6.07) is 1.36. The van der Waals surface area contributed by atoms with Crippen LogP contribution < -0.4 is 5.32 Å². The van der Waals surface area contributed by atoms with E-state index in [1.807, 2.05) is 0 Å². The molecule has 1 N–H and O–H groups in total. The van der Waals surface area contributed by atoms with Crippen LogP contribution in [0.2, 0.25) is 0 Å². The molecule has 2 aliphatic heterocycles. The molecule has 0 saturated carbocycles. The summed E-state index contributed by atoms with van der Waals surface area (Å²) in [5, 5.41) is 3.53. The van der Waals surface area contributed by atoms with Gasteiger partial charge in [-0.1, -0.05) is 6.42 Å². The van der Waals surface area contributed by atoms with Crippen molar-refractivity contribution in [2.75, 3.05) is 13.2 Å². The first-order valence-corrected chi connectivity index (χ1v) is 3.79. The zero-order chi connectivity index (χ0) is 6.10. The van der Waals surface area contributed by atoms with E-state index in [1.165, 1.54) is 19.3 Å². The molecule has 0 aromatic carbocycles. The number of ether oxygens (including phenoxy) is 1. The van der Waals surface area contributed by atoms with Crippen molar-refractivity contribution in [2.24, 2.45) is 0 Å². The van der Waals surface area contributed by atoms with E-state index in [2.05, 4.69) is 5.32 Å². The minimum absolute atomic E-state index is 0. The molecular weight excluding hydrogens is 194 g/mol. The molecule has 2 saturated heterocycles. The van der Waals surface area contributed by atoms with Crippen LogP contribution in [-0.4, -0.2) is 25.3 Å². The molecule has 0 aliphatic carbocycles. The van der Waals surface area contributed by atoms with Crippen LogP contribution in [0, 0.1) is 0 Å². The molecule has 10 heavy (non-hydrogen) atoms. The third-order valence-corrected chi connectivity index (χ3v) is 2.21. The molecule has 3 heteroatoms. The monoisotopic (exact) mass is 207 g/mol. The van der Waals surface area contributed by atoms with E-state index in [4.69, 9.17) is 4.74 Å². The van der Waals surface area contributed by atoms with E-state index in [0.717, 1.165) is 13.2 Å². The van der Waals surface area contributed by atoms with Crippen molar-refractivity contribution in [2.45, 2.75) is 31.3 Å². The van der Waals surface area contributed by atoms with Crippen LogP contribution in [0.5, 0.6) is 0 Å². The van der Waals surface area contributed by atoms with E-state index in [0.29, 0.717) is 12.1 Å².